The van der Waals surface area contributed by atoms with E-state index in [-0.39, 0.29) is 0 Å². The number of rotatable bonds is 4. The minimum Gasteiger partial charge on any atom is -0.296 e. The van der Waals surface area contributed by atoms with E-state index in [1.165, 1.54) is 0 Å². The molecular formula is C7H12N2O2S. The van der Waals surface area contributed by atoms with Crippen molar-refractivity contribution in [3.05, 3.63) is 16.4 Å². The molecule has 0 aromatic carbocycles. The Labute approximate surface area is 74.7 Å². The zero-order chi connectivity index (χ0) is 8.97. The van der Waals surface area contributed by atoms with Crippen LogP contribution in [0.5, 0.6) is 0 Å². The highest BCUT2D eigenvalue weighted by Gasteiger charge is 2.00. The summed E-state index contributed by atoms with van der Waals surface area (Å²) in [4.78, 5) is 13.0. The van der Waals surface area contributed by atoms with Gasteiger partial charge in [0.05, 0.1) is 5.75 Å². The summed E-state index contributed by atoms with van der Waals surface area (Å²) in [7, 11) is 0. The Morgan fingerprint density at radius 3 is 2.92 bits per heavy atom. The first-order valence-electron chi connectivity index (χ1n) is 3.81. The van der Waals surface area contributed by atoms with E-state index in [1.807, 2.05) is 0 Å². The van der Waals surface area contributed by atoms with Gasteiger partial charge in [0.25, 0.3) is 0 Å². The molecule has 0 saturated heterocycles. The molecule has 1 heterocycles. The Morgan fingerprint density at radius 2 is 2.42 bits per heavy atom. The SMILES string of the molecule is CC(C)CSCc1noc(=O)[nH]1. The third kappa shape index (κ3) is 3.13. The van der Waals surface area contributed by atoms with Crippen molar-refractivity contribution in [2.75, 3.05) is 5.75 Å². The first-order chi connectivity index (χ1) is 5.68. The second kappa shape index (κ2) is 4.35. The van der Waals surface area contributed by atoms with Gasteiger partial charge in [0.15, 0.2) is 5.82 Å². The molecule has 0 aliphatic heterocycles. The zero-order valence-corrected chi connectivity index (χ0v) is 7.98. The van der Waals surface area contributed by atoms with Gasteiger partial charge < -0.3 is 0 Å². The number of aromatic amines is 1. The summed E-state index contributed by atoms with van der Waals surface area (Å²) in [6.45, 7) is 4.30. The highest BCUT2D eigenvalue weighted by atomic mass is 32.2. The zero-order valence-electron chi connectivity index (χ0n) is 7.16. The molecule has 1 N–H and O–H groups in total. The lowest BCUT2D eigenvalue weighted by molar-refractivity contribution is 0.383. The topological polar surface area (TPSA) is 58.9 Å². The van der Waals surface area contributed by atoms with Crippen LogP contribution in [-0.2, 0) is 5.75 Å². The maximum Gasteiger partial charge on any atom is 0.438 e. The van der Waals surface area contributed by atoms with Crippen molar-refractivity contribution in [2.45, 2.75) is 19.6 Å². The molecule has 68 valence electrons. The van der Waals surface area contributed by atoms with E-state index in [0.29, 0.717) is 17.5 Å². The molecule has 0 atom stereocenters. The molecule has 1 aromatic heterocycles. The standard InChI is InChI=1S/C7H12N2O2S/c1-5(2)3-12-4-6-8-7(10)11-9-6/h5H,3-4H2,1-2H3,(H,8,9,10). The van der Waals surface area contributed by atoms with Gasteiger partial charge in [-0.3, -0.25) is 9.51 Å². The fourth-order valence-corrected chi connectivity index (χ4v) is 1.62. The average molecular weight is 188 g/mol. The molecule has 0 spiro atoms. The van der Waals surface area contributed by atoms with Gasteiger partial charge in [0.2, 0.25) is 0 Å². The highest BCUT2D eigenvalue weighted by Crippen LogP contribution is 2.11. The van der Waals surface area contributed by atoms with Crippen LogP contribution in [0.4, 0.5) is 0 Å². The van der Waals surface area contributed by atoms with Crippen LogP contribution in [0, 0.1) is 5.92 Å². The van der Waals surface area contributed by atoms with Crippen molar-refractivity contribution in [1.29, 1.82) is 0 Å². The highest BCUT2D eigenvalue weighted by molar-refractivity contribution is 7.98. The first kappa shape index (κ1) is 9.38. The fourth-order valence-electron chi connectivity index (χ4n) is 0.714. The lowest BCUT2D eigenvalue weighted by Gasteiger charge is -2.00. The normalized spacial score (nSPS) is 10.9. The lowest BCUT2D eigenvalue weighted by atomic mass is 10.3. The molecule has 12 heavy (non-hydrogen) atoms. The number of H-pyrrole nitrogens is 1. The summed E-state index contributed by atoms with van der Waals surface area (Å²) < 4.78 is 4.35. The Balaban J connectivity index is 2.29. The number of aromatic nitrogens is 2. The molecule has 0 amide bonds. The van der Waals surface area contributed by atoms with Crippen LogP contribution in [0.1, 0.15) is 19.7 Å². The molecule has 0 aliphatic carbocycles. The van der Waals surface area contributed by atoms with Gasteiger partial charge in [-0.2, -0.15) is 11.8 Å². The van der Waals surface area contributed by atoms with Gasteiger partial charge in [-0.05, 0) is 11.7 Å². The lowest BCUT2D eigenvalue weighted by Crippen LogP contribution is -1.97. The summed E-state index contributed by atoms with van der Waals surface area (Å²) in [6.07, 6.45) is 0. The minimum atomic E-state index is -0.477. The molecule has 0 aliphatic rings. The number of nitrogens with zero attached hydrogens (tertiary/aromatic N) is 1. The largest absolute Gasteiger partial charge is 0.438 e. The van der Waals surface area contributed by atoms with Crippen LogP contribution in [0.25, 0.3) is 0 Å². The Bertz CT molecular complexity index is 279. The minimum absolute atomic E-state index is 0.477. The summed E-state index contributed by atoms with van der Waals surface area (Å²) in [5.41, 5.74) is 0. The summed E-state index contributed by atoms with van der Waals surface area (Å²) in [6, 6.07) is 0. The Hall–Kier alpha value is -0.710. The molecular weight excluding hydrogens is 176 g/mol. The van der Waals surface area contributed by atoms with Crippen molar-refractivity contribution in [3.63, 3.8) is 0 Å². The van der Waals surface area contributed by atoms with Crippen LogP contribution >= 0.6 is 11.8 Å². The van der Waals surface area contributed by atoms with E-state index in [2.05, 4.69) is 28.5 Å². The van der Waals surface area contributed by atoms with Crippen molar-refractivity contribution in [1.82, 2.24) is 10.1 Å². The predicted molar refractivity (Wildman–Crippen MR) is 48.1 cm³/mol. The third-order valence-corrected chi connectivity index (χ3v) is 2.55. The molecule has 1 rings (SSSR count). The average Bonchev–Trinajstić information content (AvgIpc) is 2.35. The molecule has 1 aromatic rings. The molecule has 0 radical (unpaired) electrons. The van der Waals surface area contributed by atoms with Crippen LogP contribution < -0.4 is 5.76 Å². The number of thioether (sulfide) groups is 1. The molecule has 0 bridgehead atoms. The van der Waals surface area contributed by atoms with E-state index >= 15 is 0 Å². The maximum atomic E-state index is 10.5. The van der Waals surface area contributed by atoms with Crippen molar-refractivity contribution in [2.24, 2.45) is 5.92 Å². The monoisotopic (exact) mass is 188 g/mol. The van der Waals surface area contributed by atoms with Crippen molar-refractivity contribution in [3.8, 4) is 0 Å². The number of nitrogens with one attached hydrogen (secondary N) is 1. The Kier molecular flexibility index (Phi) is 3.40. The van der Waals surface area contributed by atoms with Crippen LogP contribution in [0.15, 0.2) is 9.32 Å². The fraction of sp³-hybridized carbons (Fsp3) is 0.714. The second-order valence-electron chi connectivity index (χ2n) is 2.95. The molecule has 5 heteroatoms. The smallest absolute Gasteiger partial charge is 0.296 e. The quantitative estimate of drug-likeness (QED) is 0.772. The second-order valence-corrected chi connectivity index (χ2v) is 3.98. The van der Waals surface area contributed by atoms with E-state index in [1.54, 1.807) is 11.8 Å². The molecule has 0 fully saturated rings. The molecule has 4 nitrogen and oxygen atoms in total. The summed E-state index contributed by atoms with van der Waals surface area (Å²) >= 11 is 1.74. The number of hydrogen-bond donors (Lipinski definition) is 1. The van der Waals surface area contributed by atoms with Gasteiger partial charge in [0.1, 0.15) is 0 Å². The van der Waals surface area contributed by atoms with Crippen molar-refractivity contribution >= 4 is 11.8 Å². The van der Waals surface area contributed by atoms with E-state index < -0.39 is 5.76 Å². The van der Waals surface area contributed by atoms with Gasteiger partial charge >= 0.3 is 5.76 Å². The van der Waals surface area contributed by atoms with Crippen LogP contribution in [0.3, 0.4) is 0 Å². The molecule has 0 unspecified atom stereocenters. The van der Waals surface area contributed by atoms with Crippen molar-refractivity contribution < 1.29 is 4.52 Å². The third-order valence-electron chi connectivity index (χ3n) is 1.18. The van der Waals surface area contributed by atoms with Gasteiger partial charge in [-0.1, -0.05) is 19.0 Å². The van der Waals surface area contributed by atoms with Gasteiger partial charge in [-0.25, -0.2) is 4.79 Å². The van der Waals surface area contributed by atoms with E-state index in [0.717, 1.165) is 5.75 Å². The summed E-state index contributed by atoms with van der Waals surface area (Å²) in [5, 5.41) is 3.55. The Morgan fingerprint density at radius 1 is 1.67 bits per heavy atom. The van der Waals surface area contributed by atoms with Crippen LogP contribution in [0.2, 0.25) is 0 Å². The summed E-state index contributed by atoms with van der Waals surface area (Å²) in [5.74, 6) is 2.58. The van der Waals surface area contributed by atoms with E-state index in [9.17, 15) is 4.79 Å². The van der Waals surface area contributed by atoms with E-state index in [4.69, 9.17) is 0 Å². The molecule has 0 saturated carbocycles. The predicted octanol–water partition coefficient (Wildman–Crippen LogP) is 1.25. The van der Waals surface area contributed by atoms with Gasteiger partial charge in [0, 0.05) is 0 Å². The maximum absolute atomic E-state index is 10.5. The van der Waals surface area contributed by atoms with Crippen LogP contribution in [-0.4, -0.2) is 15.9 Å². The first-order valence-corrected chi connectivity index (χ1v) is 4.96. The number of hydrogen-bond acceptors (Lipinski definition) is 4. The van der Waals surface area contributed by atoms with Gasteiger partial charge in [-0.15, -0.1) is 0 Å².